The summed E-state index contributed by atoms with van der Waals surface area (Å²) in [6.45, 7) is 7.49. The van der Waals surface area contributed by atoms with E-state index < -0.39 is 5.60 Å². The predicted molar refractivity (Wildman–Crippen MR) is 134 cm³/mol. The smallest absolute Gasteiger partial charge is 0.289 e. The SMILES string of the molecule is COc1cccc(CN2CCC(O)(c3ccc4oc(C(=O)N5C[C@@H](C)O[C@@H](C)C5)cc4c3)CC2)c1. The number of nitrogens with zero attached hydrogens (tertiary/aromatic N) is 2. The number of hydrogen-bond donors (Lipinski definition) is 1. The molecule has 2 fully saturated rings. The van der Waals surface area contributed by atoms with Crippen molar-refractivity contribution in [3.63, 3.8) is 0 Å². The number of fused-ring (bicyclic) bond motifs is 1. The summed E-state index contributed by atoms with van der Waals surface area (Å²) in [5.41, 5.74) is 1.84. The lowest BCUT2D eigenvalue weighted by Crippen LogP contribution is -2.48. The molecule has 2 atom stereocenters. The van der Waals surface area contributed by atoms with E-state index in [0.29, 0.717) is 37.3 Å². The maximum Gasteiger partial charge on any atom is 0.289 e. The van der Waals surface area contributed by atoms with Crippen LogP contribution in [0.2, 0.25) is 0 Å². The number of methoxy groups -OCH3 is 1. The number of furan rings is 1. The average Bonchev–Trinajstić information content (AvgIpc) is 3.28. The first-order chi connectivity index (χ1) is 16.8. The number of ether oxygens (including phenoxy) is 2. The van der Waals surface area contributed by atoms with Crippen LogP contribution in [0.3, 0.4) is 0 Å². The molecular weight excluding hydrogens is 444 g/mol. The normalized spacial score (nSPS) is 22.9. The van der Waals surface area contributed by atoms with Gasteiger partial charge in [0.1, 0.15) is 11.3 Å². The van der Waals surface area contributed by atoms with Crippen molar-refractivity contribution in [3.05, 3.63) is 65.4 Å². The van der Waals surface area contributed by atoms with Gasteiger partial charge in [0.2, 0.25) is 0 Å². The van der Waals surface area contributed by atoms with E-state index in [2.05, 4.69) is 17.0 Å². The fourth-order valence-corrected chi connectivity index (χ4v) is 5.34. The van der Waals surface area contributed by atoms with E-state index in [1.807, 2.05) is 44.2 Å². The van der Waals surface area contributed by atoms with Crippen molar-refractivity contribution < 1.29 is 23.8 Å². The zero-order valence-electron chi connectivity index (χ0n) is 20.7. The van der Waals surface area contributed by atoms with E-state index >= 15 is 0 Å². The lowest BCUT2D eigenvalue weighted by molar-refractivity contribution is -0.0591. The molecule has 2 saturated heterocycles. The van der Waals surface area contributed by atoms with Gasteiger partial charge >= 0.3 is 0 Å². The zero-order chi connectivity index (χ0) is 24.6. The predicted octanol–water partition coefficient (Wildman–Crippen LogP) is 4.17. The van der Waals surface area contributed by atoms with Gasteiger partial charge in [0.25, 0.3) is 5.91 Å². The standard InChI is InChI=1S/C28H34N2O5/c1-19-16-30(17-20(2)34-19)27(31)26-15-22-14-23(7-8-25(22)35-26)28(32)9-11-29(12-10-28)18-21-5-4-6-24(13-21)33-3/h4-8,13-15,19-20,32H,9-12,16-18H2,1-3H3/t19-,20+. The molecule has 1 N–H and O–H groups in total. The fourth-order valence-electron chi connectivity index (χ4n) is 5.34. The second-order valence-corrected chi connectivity index (χ2v) is 9.99. The van der Waals surface area contributed by atoms with Gasteiger partial charge in [0.05, 0.1) is 24.9 Å². The lowest BCUT2D eigenvalue weighted by atomic mass is 9.84. The second-order valence-electron chi connectivity index (χ2n) is 9.99. The van der Waals surface area contributed by atoms with E-state index in [9.17, 15) is 9.90 Å². The highest BCUT2D eigenvalue weighted by Crippen LogP contribution is 2.35. The van der Waals surface area contributed by atoms with Crippen molar-refractivity contribution in [2.45, 2.75) is 51.0 Å². The second kappa shape index (κ2) is 9.64. The van der Waals surface area contributed by atoms with Gasteiger partial charge < -0.3 is 23.9 Å². The van der Waals surface area contributed by atoms with Gasteiger partial charge in [-0.2, -0.15) is 0 Å². The van der Waals surface area contributed by atoms with E-state index in [1.54, 1.807) is 18.1 Å². The molecule has 5 rings (SSSR count). The number of hydrogen-bond acceptors (Lipinski definition) is 6. The number of amides is 1. The summed E-state index contributed by atoms with van der Waals surface area (Å²) in [5, 5.41) is 12.3. The Balaban J connectivity index is 1.27. The van der Waals surface area contributed by atoms with Gasteiger partial charge in [0.15, 0.2) is 5.76 Å². The summed E-state index contributed by atoms with van der Waals surface area (Å²) in [6, 6.07) is 15.7. The molecule has 2 aliphatic heterocycles. The summed E-state index contributed by atoms with van der Waals surface area (Å²) < 4.78 is 17.0. The number of morpholine rings is 1. The number of piperidine rings is 1. The molecule has 0 radical (unpaired) electrons. The minimum atomic E-state index is -0.893. The van der Waals surface area contributed by atoms with Crippen molar-refractivity contribution in [1.29, 1.82) is 0 Å². The van der Waals surface area contributed by atoms with Crippen molar-refractivity contribution in [3.8, 4) is 5.75 Å². The molecule has 0 bridgehead atoms. The van der Waals surface area contributed by atoms with Crippen LogP contribution in [-0.2, 0) is 16.9 Å². The maximum absolute atomic E-state index is 13.1. The van der Waals surface area contributed by atoms with Crippen molar-refractivity contribution >= 4 is 16.9 Å². The van der Waals surface area contributed by atoms with Crippen LogP contribution in [0, 0.1) is 0 Å². The van der Waals surface area contributed by atoms with Crippen LogP contribution in [0.4, 0.5) is 0 Å². The van der Waals surface area contributed by atoms with Crippen LogP contribution in [0.1, 0.15) is 48.4 Å². The molecule has 2 aliphatic rings. The molecule has 186 valence electrons. The van der Waals surface area contributed by atoms with Gasteiger partial charge in [0, 0.05) is 38.1 Å². The van der Waals surface area contributed by atoms with Gasteiger partial charge in [-0.25, -0.2) is 0 Å². The highest BCUT2D eigenvalue weighted by atomic mass is 16.5. The van der Waals surface area contributed by atoms with Crippen molar-refractivity contribution in [2.24, 2.45) is 0 Å². The number of likely N-dealkylation sites (tertiary alicyclic amines) is 1. The van der Waals surface area contributed by atoms with Gasteiger partial charge in [-0.1, -0.05) is 18.2 Å². The monoisotopic (exact) mass is 478 g/mol. The summed E-state index contributed by atoms with van der Waals surface area (Å²) in [6.07, 6.45) is 1.30. The Morgan fingerprint density at radius 1 is 1.09 bits per heavy atom. The first-order valence-corrected chi connectivity index (χ1v) is 12.4. The number of rotatable bonds is 5. The largest absolute Gasteiger partial charge is 0.497 e. The number of benzene rings is 2. The molecular formula is C28H34N2O5. The summed E-state index contributed by atoms with van der Waals surface area (Å²) in [5.74, 6) is 1.08. The third-order valence-corrected chi connectivity index (χ3v) is 7.19. The Labute approximate surface area is 206 Å². The molecule has 0 unspecified atom stereocenters. The lowest BCUT2D eigenvalue weighted by Gasteiger charge is -2.38. The van der Waals surface area contributed by atoms with Crippen LogP contribution in [0.25, 0.3) is 11.0 Å². The zero-order valence-corrected chi connectivity index (χ0v) is 20.7. The third kappa shape index (κ3) is 5.08. The highest BCUT2D eigenvalue weighted by molar-refractivity contribution is 5.96. The van der Waals surface area contributed by atoms with Crippen LogP contribution in [0.15, 0.2) is 52.9 Å². The number of carbonyl (C=O) groups excluding carboxylic acids is 1. The molecule has 2 aromatic carbocycles. The minimum absolute atomic E-state index is 0.00251. The third-order valence-electron chi connectivity index (χ3n) is 7.19. The summed E-state index contributed by atoms with van der Waals surface area (Å²) in [4.78, 5) is 17.2. The molecule has 0 spiro atoms. The first kappa shape index (κ1) is 23.9. The van der Waals surface area contributed by atoms with E-state index in [4.69, 9.17) is 13.9 Å². The molecule has 7 heteroatoms. The van der Waals surface area contributed by atoms with E-state index in [1.165, 1.54) is 5.56 Å². The molecule has 7 nitrogen and oxygen atoms in total. The van der Waals surface area contributed by atoms with Crippen molar-refractivity contribution in [1.82, 2.24) is 9.80 Å². The topological polar surface area (TPSA) is 75.4 Å². The van der Waals surface area contributed by atoms with Crippen LogP contribution >= 0.6 is 0 Å². The highest BCUT2D eigenvalue weighted by Gasteiger charge is 2.35. The van der Waals surface area contributed by atoms with E-state index in [-0.39, 0.29) is 18.1 Å². The molecule has 35 heavy (non-hydrogen) atoms. The summed E-state index contributed by atoms with van der Waals surface area (Å²) >= 11 is 0. The van der Waals surface area contributed by atoms with Crippen LogP contribution in [-0.4, -0.2) is 66.3 Å². The number of carbonyl (C=O) groups is 1. The number of aliphatic hydroxyl groups is 1. The molecule has 3 heterocycles. The Bertz CT molecular complexity index is 1190. The molecule has 1 aromatic heterocycles. The van der Waals surface area contributed by atoms with Gasteiger partial charge in [-0.15, -0.1) is 0 Å². The first-order valence-electron chi connectivity index (χ1n) is 12.4. The molecule has 0 aliphatic carbocycles. The van der Waals surface area contributed by atoms with Crippen LogP contribution in [0.5, 0.6) is 5.75 Å². The van der Waals surface area contributed by atoms with E-state index in [0.717, 1.165) is 36.3 Å². The summed E-state index contributed by atoms with van der Waals surface area (Å²) in [7, 11) is 1.68. The van der Waals surface area contributed by atoms with Crippen molar-refractivity contribution in [2.75, 3.05) is 33.3 Å². The van der Waals surface area contributed by atoms with Gasteiger partial charge in [-0.05, 0) is 68.1 Å². The molecule has 0 saturated carbocycles. The molecule has 1 amide bonds. The fraction of sp³-hybridized carbons (Fsp3) is 0.464. The Kier molecular flexibility index (Phi) is 6.57. The Hall–Kier alpha value is -2.87. The minimum Gasteiger partial charge on any atom is -0.497 e. The Morgan fingerprint density at radius 2 is 1.83 bits per heavy atom. The Morgan fingerprint density at radius 3 is 2.54 bits per heavy atom. The quantitative estimate of drug-likeness (QED) is 0.593. The van der Waals surface area contributed by atoms with Crippen LogP contribution < -0.4 is 4.74 Å². The van der Waals surface area contributed by atoms with Gasteiger partial charge in [-0.3, -0.25) is 9.69 Å². The molecule has 3 aromatic rings. The maximum atomic E-state index is 13.1. The average molecular weight is 479 g/mol.